The Bertz CT molecular complexity index is 742. The van der Waals surface area contributed by atoms with Crippen molar-refractivity contribution in [1.82, 2.24) is 9.88 Å². The topological polar surface area (TPSA) is 69.0 Å². The van der Waals surface area contributed by atoms with Gasteiger partial charge in [-0.3, -0.25) is 9.69 Å². The zero-order valence-electron chi connectivity index (χ0n) is 14.2. The molecule has 3 rings (SSSR count). The first-order valence-corrected chi connectivity index (χ1v) is 9.56. The van der Waals surface area contributed by atoms with Crippen molar-refractivity contribution in [3.8, 4) is 6.07 Å². The molecule has 1 fully saturated rings. The highest BCUT2D eigenvalue weighted by atomic mass is 32.1. The minimum Gasteiger partial charge on any atom is -0.302 e. The molecule has 1 aliphatic rings. The second-order valence-electron chi connectivity index (χ2n) is 6.34. The summed E-state index contributed by atoms with van der Waals surface area (Å²) in [5.41, 5.74) is 2.73. The van der Waals surface area contributed by atoms with Gasteiger partial charge in [0.2, 0.25) is 5.91 Å². The van der Waals surface area contributed by atoms with Crippen LogP contribution in [0.3, 0.4) is 0 Å². The molecule has 1 aliphatic heterocycles. The maximum atomic E-state index is 12.1. The number of anilines is 1. The summed E-state index contributed by atoms with van der Waals surface area (Å²) in [6, 6.07) is 9.44. The first-order chi connectivity index (χ1) is 12.2. The zero-order chi connectivity index (χ0) is 17.5. The number of hydrogen-bond acceptors (Lipinski definition) is 5. The van der Waals surface area contributed by atoms with Gasteiger partial charge in [0.1, 0.15) is 0 Å². The molecule has 0 bridgehead atoms. The van der Waals surface area contributed by atoms with Crippen LogP contribution in [-0.2, 0) is 17.8 Å². The quantitative estimate of drug-likeness (QED) is 0.861. The van der Waals surface area contributed by atoms with E-state index in [0.717, 1.165) is 30.9 Å². The molecule has 0 saturated carbocycles. The number of carbonyl (C=O) groups is 1. The van der Waals surface area contributed by atoms with Gasteiger partial charge in [-0.25, -0.2) is 4.98 Å². The van der Waals surface area contributed by atoms with Crippen molar-refractivity contribution in [3.05, 3.63) is 46.5 Å². The van der Waals surface area contributed by atoms with Crippen molar-refractivity contribution in [1.29, 1.82) is 5.26 Å². The Labute approximate surface area is 152 Å². The van der Waals surface area contributed by atoms with Crippen molar-refractivity contribution < 1.29 is 4.79 Å². The molecule has 2 heterocycles. The molecule has 5 nitrogen and oxygen atoms in total. The smallest absolute Gasteiger partial charge is 0.226 e. The summed E-state index contributed by atoms with van der Waals surface area (Å²) >= 11 is 1.49. The molecule has 0 spiro atoms. The Hall–Kier alpha value is -2.23. The predicted molar refractivity (Wildman–Crippen MR) is 99.3 cm³/mol. The molecular weight excluding hydrogens is 332 g/mol. The summed E-state index contributed by atoms with van der Waals surface area (Å²) in [5.74, 6) is -0.0248. The van der Waals surface area contributed by atoms with Gasteiger partial charge in [0.15, 0.2) is 5.13 Å². The Morgan fingerprint density at radius 1 is 1.24 bits per heavy atom. The van der Waals surface area contributed by atoms with Crippen molar-refractivity contribution >= 4 is 22.4 Å². The van der Waals surface area contributed by atoms with Crippen LogP contribution in [0.1, 0.15) is 42.5 Å². The van der Waals surface area contributed by atoms with E-state index in [2.05, 4.69) is 21.3 Å². The van der Waals surface area contributed by atoms with Crippen LogP contribution in [0, 0.1) is 11.3 Å². The van der Waals surface area contributed by atoms with Crippen molar-refractivity contribution in [2.45, 2.75) is 38.6 Å². The number of hydrogen-bond donors (Lipinski definition) is 1. The number of likely N-dealkylation sites (tertiary alicyclic amines) is 1. The summed E-state index contributed by atoms with van der Waals surface area (Å²) in [5, 5.41) is 14.4. The standard InChI is InChI=1S/C19H22N4OS/c20-12-16-6-4-15(5-7-16)8-9-18(24)22-19-21-17(14-25-19)13-23-10-2-1-3-11-23/h4-7,14H,1-3,8-11,13H2,(H,21,22,24). The number of nitriles is 1. The summed E-state index contributed by atoms with van der Waals surface area (Å²) in [6.45, 7) is 3.16. The fraction of sp³-hybridized carbons (Fsp3) is 0.421. The van der Waals surface area contributed by atoms with E-state index in [1.54, 1.807) is 12.1 Å². The van der Waals surface area contributed by atoms with Crippen LogP contribution in [0.25, 0.3) is 0 Å². The second kappa shape index (κ2) is 8.75. The minimum absolute atomic E-state index is 0.0248. The Morgan fingerprint density at radius 2 is 2.00 bits per heavy atom. The van der Waals surface area contributed by atoms with Crippen LogP contribution in [0.4, 0.5) is 5.13 Å². The number of amides is 1. The monoisotopic (exact) mass is 354 g/mol. The summed E-state index contributed by atoms with van der Waals surface area (Å²) in [7, 11) is 0. The van der Waals surface area contributed by atoms with Crippen LogP contribution < -0.4 is 5.32 Å². The molecule has 2 aromatic rings. The molecule has 0 aliphatic carbocycles. The SMILES string of the molecule is N#Cc1ccc(CCC(=O)Nc2nc(CN3CCCCC3)cs2)cc1. The van der Waals surface area contributed by atoms with Crippen LogP contribution in [0.5, 0.6) is 0 Å². The van der Waals surface area contributed by atoms with E-state index in [1.807, 2.05) is 17.5 Å². The maximum absolute atomic E-state index is 12.1. The van der Waals surface area contributed by atoms with E-state index in [-0.39, 0.29) is 5.91 Å². The highest BCUT2D eigenvalue weighted by Gasteiger charge is 2.13. The van der Waals surface area contributed by atoms with E-state index in [9.17, 15) is 4.79 Å². The third kappa shape index (κ3) is 5.38. The van der Waals surface area contributed by atoms with Crippen LogP contribution in [0.15, 0.2) is 29.6 Å². The first-order valence-electron chi connectivity index (χ1n) is 8.68. The molecule has 6 heteroatoms. The van der Waals surface area contributed by atoms with Crippen LogP contribution in [-0.4, -0.2) is 28.9 Å². The van der Waals surface area contributed by atoms with Gasteiger partial charge < -0.3 is 5.32 Å². The number of benzene rings is 1. The molecule has 0 radical (unpaired) electrons. The molecule has 1 N–H and O–H groups in total. The van der Waals surface area contributed by atoms with Crippen LogP contribution >= 0.6 is 11.3 Å². The minimum atomic E-state index is -0.0248. The first kappa shape index (κ1) is 17.6. The van der Waals surface area contributed by atoms with E-state index < -0.39 is 0 Å². The highest BCUT2D eigenvalue weighted by Crippen LogP contribution is 2.19. The molecule has 1 aromatic carbocycles. The molecule has 0 atom stereocenters. The second-order valence-corrected chi connectivity index (χ2v) is 7.20. The average Bonchev–Trinajstić information content (AvgIpc) is 3.08. The summed E-state index contributed by atoms with van der Waals surface area (Å²) < 4.78 is 0. The number of thiazole rings is 1. The van der Waals surface area contributed by atoms with Crippen molar-refractivity contribution in [3.63, 3.8) is 0 Å². The Morgan fingerprint density at radius 3 is 2.72 bits per heavy atom. The van der Waals surface area contributed by atoms with Gasteiger partial charge in [-0.1, -0.05) is 18.6 Å². The van der Waals surface area contributed by atoms with Gasteiger partial charge in [-0.15, -0.1) is 11.3 Å². The molecule has 0 unspecified atom stereocenters. The lowest BCUT2D eigenvalue weighted by Crippen LogP contribution is -2.29. The molecule has 1 amide bonds. The van der Waals surface area contributed by atoms with Crippen molar-refractivity contribution in [2.24, 2.45) is 0 Å². The number of piperidine rings is 1. The number of aryl methyl sites for hydroxylation is 1. The van der Waals surface area contributed by atoms with Gasteiger partial charge in [0.25, 0.3) is 0 Å². The fourth-order valence-corrected chi connectivity index (χ4v) is 3.69. The van der Waals surface area contributed by atoms with Gasteiger partial charge in [0.05, 0.1) is 17.3 Å². The Balaban J connectivity index is 1.45. The summed E-state index contributed by atoms with van der Waals surface area (Å²) in [4.78, 5) is 19.1. The lowest BCUT2D eigenvalue weighted by molar-refractivity contribution is -0.116. The number of aromatic nitrogens is 1. The molecule has 1 saturated heterocycles. The van der Waals surface area contributed by atoms with Crippen molar-refractivity contribution in [2.75, 3.05) is 18.4 Å². The van der Waals surface area contributed by atoms with Gasteiger partial charge >= 0.3 is 0 Å². The third-order valence-corrected chi connectivity index (χ3v) is 5.16. The largest absolute Gasteiger partial charge is 0.302 e. The van der Waals surface area contributed by atoms with Crippen LogP contribution in [0.2, 0.25) is 0 Å². The average molecular weight is 354 g/mol. The van der Waals surface area contributed by atoms with Gasteiger partial charge in [-0.2, -0.15) is 5.26 Å². The van der Waals surface area contributed by atoms with Gasteiger partial charge in [-0.05, 0) is 50.0 Å². The normalized spacial score (nSPS) is 14.8. The molecule has 1 aromatic heterocycles. The summed E-state index contributed by atoms with van der Waals surface area (Å²) in [6.07, 6.45) is 4.93. The highest BCUT2D eigenvalue weighted by molar-refractivity contribution is 7.13. The lowest BCUT2D eigenvalue weighted by atomic mass is 10.1. The molecular formula is C19H22N4OS. The fourth-order valence-electron chi connectivity index (χ4n) is 2.97. The maximum Gasteiger partial charge on any atom is 0.226 e. The molecule has 130 valence electrons. The van der Waals surface area contributed by atoms with E-state index >= 15 is 0 Å². The molecule has 25 heavy (non-hydrogen) atoms. The number of nitrogens with zero attached hydrogens (tertiary/aromatic N) is 3. The lowest BCUT2D eigenvalue weighted by Gasteiger charge is -2.25. The predicted octanol–water partition coefficient (Wildman–Crippen LogP) is 3.57. The number of carbonyl (C=O) groups excluding carboxylic acids is 1. The third-order valence-electron chi connectivity index (χ3n) is 4.36. The number of rotatable bonds is 6. The van der Waals surface area contributed by atoms with Gasteiger partial charge in [0, 0.05) is 18.3 Å². The number of nitrogens with one attached hydrogen (secondary N) is 1. The van der Waals surface area contributed by atoms with E-state index in [1.165, 1.54) is 30.6 Å². The Kier molecular flexibility index (Phi) is 6.15. The van der Waals surface area contributed by atoms with E-state index in [0.29, 0.717) is 23.5 Å². The zero-order valence-corrected chi connectivity index (χ0v) is 15.0. The van der Waals surface area contributed by atoms with E-state index in [4.69, 9.17) is 5.26 Å².